The smallest absolute Gasteiger partial charge is 0.261 e. The molecule has 10 rings (SSSR count). The second kappa shape index (κ2) is 8.05. The molecule has 8 aromatic carbocycles. The topological polar surface area (TPSA) is 74.8 Å². The van der Waals surface area contributed by atoms with E-state index in [4.69, 9.17) is 0 Å². The van der Waals surface area contributed by atoms with Crippen LogP contribution in [0.3, 0.4) is 0 Å². The highest BCUT2D eigenvalue weighted by molar-refractivity contribution is 6.45. The van der Waals surface area contributed by atoms with Crippen molar-refractivity contribution in [3.05, 3.63) is 95.1 Å². The Morgan fingerprint density at radius 1 is 0.318 bits per heavy atom. The maximum Gasteiger partial charge on any atom is 0.261 e. The summed E-state index contributed by atoms with van der Waals surface area (Å²) in [6.07, 6.45) is 0. The number of nitrogens with zero attached hydrogens (tertiary/aromatic N) is 2. The standard InChI is InChI=1S/C36H18N2O4.C2H6/c1-37-33(39)23-11-7-19-15-3-5-17-21-9-13-25-32-26(36(42)38(2)35(25)41)14-10-22(30(21)32)18-6-4-16(27(15)28(17)18)20-8-12-24(34(37)40)31(23)29(19)20;1-2/h3-14H,1-2H3;1-2H3. The predicted octanol–water partition coefficient (Wildman–Crippen LogP) is 8.11. The van der Waals surface area contributed by atoms with Crippen molar-refractivity contribution in [3.8, 4) is 0 Å². The number of amides is 4. The summed E-state index contributed by atoms with van der Waals surface area (Å²) in [5, 5.41) is 13.8. The highest BCUT2D eigenvalue weighted by Crippen LogP contribution is 2.49. The zero-order valence-electron chi connectivity index (χ0n) is 24.5. The van der Waals surface area contributed by atoms with Gasteiger partial charge in [-0.25, -0.2) is 0 Å². The van der Waals surface area contributed by atoms with Gasteiger partial charge in [0, 0.05) is 47.1 Å². The summed E-state index contributed by atoms with van der Waals surface area (Å²) in [4.78, 5) is 54.8. The van der Waals surface area contributed by atoms with Gasteiger partial charge in [0.05, 0.1) is 0 Å². The van der Waals surface area contributed by atoms with Gasteiger partial charge in [-0.1, -0.05) is 62.4 Å². The van der Waals surface area contributed by atoms with Crippen LogP contribution in [0.2, 0.25) is 0 Å². The fourth-order valence-electron chi connectivity index (χ4n) is 7.90. The Kier molecular flexibility index (Phi) is 4.56. The number of benzene rings is 8. The summed E-state index contributed by atoms with van der Waals surface area (Å²) >= 11 is 0. The number of imide groups is 2. The van der Waals surface area contributed by atoms with E-state index in [1.54, 1.807) is 0 Å². The normalized spacial score (nSPS) is 14.9. The van der Waals surface area contributed by atoms with Gasteiger partial charge in [-0.2, -0.15) is 0 Å². The monoisotopic (exact) mass is 572 g/mol. The molecule has 0 bridgehead atoms. The van der Waals surface area contributed by atoms with Crippen LogP contribution in [0.1, 0.15) is 55.3 Å². The average Bonchev–Trinajstić information content (AvgIpc) is 3.07. The molecule has 2 heterocycles. The van der Waals surface area contributed by atoms with Gasteiger partial charge in [-0.3, -0.25) is 29.0 Å². The molecule has 0 aliphatic carbocycles. The molecule has 0 saturated heterocycles. The number of carbonyl (C=O) groups is 4. The highest BCUT2D eigenvalue weighted by atomic mass is 16.2. The van der Waals surface area contributed by atoms with Crippen LogP contribution in [0.15, 0.2) is 72.8 Å². The highest BCUT2D eigenvalue weighted by Gasteiger charge is 2.34. The first kappa shape index (κ1) is 24.9. The minimum Gasteiger partial charge on any atom is -0.277 e. The van der Waals surface area contributed by atoms with Gasteiger partial charge in [-0.05, 0) is 88.9 Å². The van der Waals surface area contributed by atoms with Crippen LogP contribution in [0.25, 0.3) is 75.4 Å². The Morgan fingerprint density at radius 3 is 0.727 bits per heavy atom. The van der Waals surface area contributed by atoms with E-state index in [2.05, 4.69) is 24.3 Å². The van der Waals surface area contributed by atoms with Gasteiger partial charge in [0.25, 0.3) is 23.6 Å². The third-order valence-electron chi connectivity index (χ3n) is 9.78. The van der Waals surface area contributed by atoms with Crippen LogP contribution in [-0.4, -0.2) is 47.5 Å². The predicted molar refractivity (Wildman–Crippen MR) is 176 cm³/mol. The Hall–Kier alpha value is -5.62. The molecule has 4 amide bonds. The molecule has 0 aromatic heterocycles. The van der Waals surface area contributed by atoms with E-state index >= 15 is 0 Å². The van der Waals surface area contributed by atoms with Crippen molar-refractivity contribution in [2.24, 2.45) is 0 Å². The molecule has 0 spiro atoms. The minimum absolute atomic E-state index is 0.285. The summed E-state index contributed by atoms with van der Waals surface area (Å²) in [7, 11) is 3.06. The van der Waals surface area contributed by atoms with Crippen LogP contribution in [0.4, 0.5) is 0 Å². The molecule has 210 valence electrons. The number of rotatable bonds is 0. The van der Waals surface area contributed by atoms with Crippen molar-refractivity contribution in [3.63, 3.8) is 0 Å². The van der Waals surface area contributed by atoms with E-state index in [0.29, 0.717) is 22.3 Å². The molecular formula is C38H24N2O4. The van der Waals surface area contributed by atoms with Crippen molar-refractivity contribution in [1.82, 2.24) is 9.80 Å². The number of fused-ring (bicyclic) bond motifs is 4. The number of hydrogen-bond acceptors (Lipinski definition) is 4. The Balaban J connectivity index is 0.00000133. The molecule has 0 atom stereocenters. The molecule has 0 saturated carbocycles. The van der Waals surface area contributed by atoms with Gasteiger partial charge in [0.1, 0.15) is 0 Å². The fraction of sp³-hybridized carbons (Fsp3) is 0.105. The van der Waals surface area contributed by atoms with Crippen molar-refractivity contribution in [1.29, 1.82) is 0 Å². The summed E-state index contributed by atoms with van der Waals surface area (Å²) in [5.74, 6) is -1.14. The molecule has 6 nitrogen and oxygen atoms in total. The number of hydrogen-bond donors (Lipinski definition) is 0. The van der Waals surface area contributed by atoms with E-state index in [0.717, 1.165) is 75.4 Å². The van der Waals surface area contributed by atoms with E-state index in [-0.39, 0.29) is 23.6 Å². The van der Waals surface area contributed by atoms with Gasteiger partial charge in [0.2, 0.25) is 0 Å². The summed E-state index contributed by atoms with van der Waals surface area (Å²) in [6.45, 7) is 4.00. The molecule has 2 aliphatic rings. The van der Waals surface area contributed by atoms with E-state index in [1.165, 1.54) is 23.9 Å². The van der Waals surface area contributed by atoms with Crippen LogP contribution in [-0.2, 0) is 0 Å². The number of carbonyl (C=O) groups excluding carboxylic acids is 4. The molecule has 2 aliphatic heterocycles. The van der Waals surface area contributed by atoms with Crippen molar-refractivity contribution >= 4 is 99.0 Å². The van der Waals surface area contributed by atoms with E-state index in [1.807, 2.05) is 62.4 Å². The Morgan fingerprint density at radius 2 is 0.500 bits per heavy atom. The van der Waals surface area contributed by atoms with Gasteiger partial charge >= 0.3 is 0 Å². The summed E-state index contributed by atoms with van der Waals surface area (Å²) in [5.41, 5.74) is 2.19. The first-order valence-corrected chi connectivity index (χ1v) is 14.8. The van der Waals surface area contributed by atoms with E-state index < -0.39 is 0 Å². The lowest BCUT2D eigenvalue weighted by atomic mass is 9.81. The first-order chi connectivity index (χ1) is 21.4. The second-order valence-electron chi connectivity index (χ2n) is 11.6. The largest absolute Gasteiger partial charge is 0.277 e. The molecule has 0 unspecified atom stereocenters. The van der Waals surface area contributed by atoms with Gasteiger partial charge in [-0.15, -0.1) is 0 Å². The quantitative estimate of drug-likeness (QED) is 0.105. The lowest BCUT2D eigenvalue weighted by molar-refractivity contribution is 0.0635. The molecule has 44 heavy (non-hydrogen) atoms. The molecule has 6 heteroatoms. The fourth-order valence-corrected chi connectivity index (χ4v) is 7.90. The van der Waals surface area contributed by atoms with Crippen molar-refractivity contribution in [2.45, 2.75) is 13.8 Å². The SMILES string of the molecule is CC.CN1C(=O)c2ccc3c4ccc5c6ccc7c8c(ccc(c9ccc(c%10ccc(c2c3%10)C1=O)c4c59)c86)C(=O)N(C)C7=O. The molecule has 0 radical (unpaired) electrons. The van der Waals surface area contributed by atoms with Gasteiger partial charge < -0.3 is 0 Å². The van der Waals surface area contributed by atoms with Crippen molar-refractivity contribution in [2.75, 3.05) is 14.1 Å². The average molecular weight is 573 g/mol. The lowest BCUT2D eigenvalue weighted by Crippen LogP contribution is -2.36. The molecule has 0 N–H and O–H groups in total. The third kappa shape index (κ3) is 2.60. The zero-order valence-corrected chi connectivity index (χ0v) is 24.5. The molecule has 8 aromatic rings. The molecule has 0 fully saturated rings. The zero-order chi connectivity index (χ0) is 30.3. The van der Waals surface area contributed by atoms with Crippen LogP contribution in [0.5, 0.6) is 0 Å². The summed E-state index contributed by atoms with van der Waals surface area (Å²) < 4.78 is 0. The van der Waals surface area contributed by atoms with Crippen LogP contribution >= 0.6 is 0 Å². The maximum atomic E-state index is 13.1. The maximum absolute atomic E-state index is 13.1. The minimum atomic E-state index is -0.285. The molecular weight excluding hydrogens is 548 g/mol. The lowest BCUT2D eigenvalue weighted by Gasteiger charge is -2.27. The van der Waals surface area contributed by atoms with Gasteiger partial charge in [0.15, 0.2) is 0 Å². The Labute approximate surface area is 250 Å². The Bertz CT molecular complexity index is 2330. The van der Waals surface area contributed by atoms with E-state index in [9.17, 15) is 19.2 Å². The van der Waals surface area contributed by atoms with Crippen molar-refractivity contribution < 1.29 is 19.2 Å². The third-order valence-corrected chi connectivity index (χ3v) is 9.78. The second-order valence-corrected chi connectivity index (χ2v) is 11.6. The van der Waals surface area contributed by atoms with Crippen LogP contribution in [0, 0.1) is 0 Å². The summed E-state index contributed by atoms with van der Waals surface area (Å²) in [6, 6.07) is 23.9. The first-order valence-electron chi connectivity index (χ1n) is 14.8. The van der Waals surface area contributed by atoms with Crippen LogP contribution < -0.4 is 0 Å².